The van der Waals surface area contributed by atoms with E-state index >= 15 is 0 Å². The van der Waals surface area contributed by atoms with Crippen LogP contribution in [0, 0.1) is 6.92 Å². The van der Waals surface area contributed by atoms with E-state index < -0.39 is 0 Å². The van der Waals surface area contributed by atoms with E-state index in [1.807, 2.05) is 125 Å². The largest absolute Gasteiger partial charge is 0.306 e. The van der Waals surface area contributed by atoms with Gasteiger partial charge < -0.3 is 4.57 Å². The van der Waals surface area contributed by atoms with Crippen LogP contribution in [0.5, 0.6) is 0 Å². The van der Waals surface area contributed by atoms with Gasteiger partial charge in [0, 0.05) is 40.5 Å². The summed E-state index contributed by atoms with van der Waals surface area (Å²) in [5.41, 5.74) is 6.40. The number of aromatic nitrogens is 5. The molecule has 3 heterocycles. The van der Waals surface area contributed by atoms with Crippen LogP contribution in [0.3, 0.4) is 0 Å². The molecule has 0 atom stereocenters. The lowest BCUT2D eigenvalue weighted by Gasteiger charge is -2.08. The van der Waals surface area contributed by atoms with Crippen LogP contribution in [0.4, 0.5) is 5.69 Å². The second-order valence-corrected chi connectivity index (χ2v) is 11.2. The maximum absolute atomic E-state index is 13.6. The Morgan fingerprint density at radius 2 is 1.76 bits per heavy atom. The molecule has 0 unspecified atom stereocenters. The van der Waals surface area contributed by atoms with Gasteiger partial charge in [-0.05, 0) is 55.8 Å². The average molecular weight is 625 g/mol. The Morgan fingerprint density at radius 3 is 2.46 bits per heavy atom. The first-order valence-electron chi connectivity index (χ1n) is 12.9. The maximum Gasteiger partial charge on any atom is 0.297 e. The summed E-state index contributed by atoms with van der Waals surface area (Å²) in [5.74, 6) is 0. The van der Waals surface area contributed by atoms with E-state index in [1.54, 1.807) is 17.2 Å². The molecule has 3 aromatic carbocycles. The van der Waals surface area contributed by atoms with E-state index in [4.69, 9.17) is 10.1 Å². The van der Waals surface area contributed by atoms with Crippen LogP contribution in [0.2, 0.25) is 0 Å². The van der Waals surface area contributed by atoms with Crippen molar-refractivity contribution in [1.82, 2.24) is 23.6 Å². The van der Waals surface area contributed by atoms with E-state index in [1.165, 1.54) is 11.3 Å². The van der Waals surface area contributed by atoms with Crippen LogP contribution in [-0.2, 0) is 7.05 Å². The number of para-hydroxylation sites is 1. The Bertz CT molecular complexity index is 1990. The fourth-order valence-electron chi connectivity index (χ4n) is 4.59. The van der Waals surface area contributed by atoms with Crippen molar-refractivity contribution in [3.8, 4) is 22.6 Å². The molecule has 41 heavy (non-hydrogen) atoms. The minimum Gasteiger partial charge on any atom is -0.306 e. The molecule has 10 heteroatoms. The van der Waals surface area contributed by atoms with Crippen LogP contribution in [0.25, 0.3) is 22.6 Å². The topological polar surface area (TPSA) is 74.4 Å². The van der Waals surface area contributed by atoms with Crippen molar-refractivity contribution in [3.63, 3.8) is 0 Å². The van der Waals surface area contributed by atoms with E-state index in [0.29, 0.717) is 10.5 Å². The quantitative estimate of drug-likeness (QED) is 0.200. The molecule has 0 saturated heterocycles. The normalized spacial score (nSPS) is 12.3. The maximum atomic E-state index is 13.6. The van der Waals surface area contributed by atoms with Gasteiger partial charge in [-0.15, -0.1) is 11.3 Å². The highest BCUT2D eigenvalue weighted by atomic mass is 79.9. The highest BCUT2D eigenvalue weighted by molar-refractivity contribution is 9.10. The Morgan fingerprint density at radius 1 is 0.976 bits per heavy atom. The highest BCUT2D eigenvalue weighted by Crippen LogP contribution is 2.25. The average Bonchev–Trinajstić information content (AvgIpc) is 3.71. The molecule has 3 aromatic heterocycles. The molecule has 8 nitrogen and oxygen atoms in total. The van der Waals surface area contributed by atoms with Gasteiger partial charge in [0.1, 0.15) is 0 Å². The third-order valence-corrected chi connectivity index (χ3v) is 8.18. The molecular weight excluding hydrogens is 598 g/mol. The van der Waals surface area contributed by atoms with Crippen molar-refractivity contribution >= 4 is 38.7 Å². The van der Waals surface area contributed by atoms with Gasteiger partial charge in [0.05, 0.1) is 29.1 Å². The Hall–Kier alpha value is -4.54. The van der Waals surface area contributed by atoms with Gasteiger partial charge in [0.2, 0.25) is 4.80 Å². The van der Waals surface area contributed by atoms with Gasteiger partial charge >= 0.3 is 0 Å². The second kappa shape index (κ2) is 11.1. The van der Waals surface area contributed by atoms with Crippen molar-refractivity contribution in [1.29, 1.82) is 0 Å². The fraction of sp³-hybridized carbons (Fsp3) is 0.0968. The van der Waals surface area contributed by atoms with Crippen LogP contribution in [0.15, 0.2) is 122 Å². The van der Waals surface area contributed by atoms with E-state index in [9.17, 15) is 4.79 Å². The number of benzene rings is 3. The number of hydrogen-bond acceptors (Lipinski definition) is 5. The summed E-state index contributed by atoms with van der Waals surface area (Å²) in [5, 5.41) is 7.05. The summed E-state index contributed by atoms with van der Waals surface area (Å²) in [7, 11) is 1.87. The second-order valence-electron chi connectivity index (χ2n) is 9.45. The molecule has 0 N–H and O–H groups in total. The zero-order chi connectivity index (χ0) is 28.5. The summed E-state index contributed by atoms with van der Waals surface area (Å²) in [6, 6.07) is 25.8. The van der Waals surface area contributed by atoms with Gasteiger partial charge in [-0.3, -0.25) is 9.48 Å². The van der Waals surface area contributed by atoms with Gasteiger partial charge in [-0.25, -0.2) is 19.3 Å². The van der Waals surface area contributed by atoms with E-state index in [2.05, 4.69) is 20.9 Å². The molecule has 0 aliphatic heterocycles. The molecule has 0 saturated carbocycles. The lowest BCUT2D eigenvalue weighted by atomic mass is 10.1. The van der Waals surface area contributed by atoms with Gasteiger partial charge in [0.15, 0.2) is 5.69 Å². The summed E-state index contributed by atoms with van der Waals surface area (Å²) in [6.45, 7) is 3.88. The van der Waals surface area contributed by atoms with Crippen molar-refractivity contribution in [2.45, 2.75) is 13.8 Å². The third-order valence-electron chi connectivity index (χ3n) is 6.87. The molecule has 0 fully saturated rings. The number of hydrogen-bond donors (Lipinski definition) is 0. The predicted molar refractivity (Wildman–Crippen MR) is 168 cm³/mol. The SMILES string of the molecule is CC(=Nn1c(-c2cccc(Br)c2)csc1=Nc1c(C)n(C)n(-c2ccccc2)c1=O)c1ccc(-n2ccnc2)cc1. The van der Waals surface area contributed by atoms with Crippen molar-refractivity contribution in [2.75, 3.05) is 0 Å². The first-order valence-corrected chi connectivity index (χ1v) is 14.6. The van der Waals surface area contributed by atoms with Crippen LogP contribution >= 0.6 is 27.3 Å². The van der Waals surface area contributed by atoms with Gasteiger partial charge in [0.25, 0.3) is 5.56 Å². The highest BCUT2D eigenvalue weighted by Gasteiger charge is 2.17. The number of nitrogens with zero attached hydrogens (tertiary/aromatic N) is 7. The van der Waals surface area contributed by atoms with Crippen LogP contribution in [0.1, 0.15) is 18.2 Å². The molecule has 6 aromatic rings. The molecular formula is C31H26BrN7OS. The standard InChI is InChI=1S/C31H26BrN7OS/c1-21(23-12-14-26(15-13-23)37-17-16-33-20-37)35-38-28(24-8-7-9-25(32)18-24)19-41-31(38)34-29-22(2)36(3)39(30(29)40)27-10-5-4-6-11-27/h4-20H,1-3H3. The Labute approximate surface area is 248 Å². The number of imidazole rings is 1. The lowest BCUT2D eigenvalue weighted by molar-refractivity contribution is 0.630. The Balaban J connectivity index is 1.50. The van der Waals surface area contributed by atoms with Gasteiger partial charge in [-0.2, -0.15) is 5.10 Å². The molecule has 0 bridgehead atoms. The zero-order valence-electron chi connectivity index (χ0n) is 22.6. The third kappa shape index (κ3) is 5.19. The number of thiazole rings is 1. The lowest BCUT2D eigenvalue weighted by Crippen LogP contribution is -2.20. The first kappa shape index (κ1) is 26.7. The summed E-state index contributed by atoms with van der Waals surface area (Å²) < 4.78 is 8.21. The van der Waals surface area contributed by atoms with Crippen LogP contribution in [-0.4, -0.2) is 29.3 Å². The molecule has 204 valence electrons. The summed E-state index contributed by atoms with van der Waals surface area (Å²) in [4.78, 5) is 23.3. The van der Waals surface area contributed by atoms with Crippen molar-refractivity contribution in [3.05, 3.63) is 134 Å². The molecule has 6 rings (SSSR count). The van der Waals surface area contributed by atoms with Crippen molar-refractivity contribution in [2.24, 2.45) is 17.1 Å². The van der Waals surface area contributed by atoms with Crippen molar-refractivity contribution < 1.29 is 0 Å². The molecule has 0 amide bonds. The molecule has 0 spiro atoms. The predicted octanol–water partition coefficient (Wildman–Crippen LogP) is 6.47. The first-order chi connectivity index (χ1) is 19.9. The minimum absolute atomic E-state index is 0.184. The molecule has 0 aliphatic rings. The Kier molecular flexibility index (Phi) is 7.25. The zero-order valence-corrected chi connectivity index (χ0v) is 25.0. The van der Waals surface area contributed by atoms with E-state index in [-0.39, 0.29) is 5.56 Å². The minimum atomic E-state index is -0.184. The monoisotopic (exact) mass is 623 g/mol. The number of halogens is 1. The smallest absolute Gasteiger partial charge is 0.297 e. The van der Waals surface area contributed by atoms with Crippen LogP contribution < -0.4 is 10.4 Å². The summed E-state index contributed by atoms with van der Waals surface area (Å²) in [6.07, 6.45) is 5.44. The fourth-order valence-corrected chi connectivity index (χ4v) is 5.83. The van der Waals surface area contributed by atoms with Gasteiger partial charge in [-0.1, -0.05) is 58.4 Å². The number of rotatable bonds is 6. The molecule has 0 radical (unpaired) electrons. The molecule has 0 aliphatic carbocycles. The summed E-state index contributed by atoms with van der Waals surface area (Å²) >= 11 is 5.03. The van der Waals surface area contributed by atoms with E-state index in [0.717, 1.165) is 44.1 Å².